The molecule has 6 rings (SSSR count). The maximum absolute atomic E-state index is 7.41. The predicted octanol–water partition coefficient (Wildman–Crippen LogP) is 4.52. The zero-order valence-electron chi connectivity index (χ0n) is 20.4. The highest BCUT2D eigenvalue weighted by Crippen LogP contribution is 2.50. The van der Waals surface area contributed by atoms with Crippen LogP contribution in [0.4, 0.5) is 11.8 Å². The molecule has 8 nitrogen and oxygen atoms in total. The second-order valence-electron chi connectivity index (χ2n) is 9.24. The van der Waals surface area contributed by atoms with Crippen molar-refractivity contribution in [2.75, 3.05) is 30.3 Å². The molecule has 1 aliphatic heterocycles. The summed E-state index contributed by atoms with van der Waals surface area (Å²) >= 11 is 8.09. The number of hydrogen-bond donors (Lipinski definition) is 2. The number of anilines is 2. The number of imidazole rings is 1. The van der Waals surface area contributed by atoms with E-state index in [1.54, 1.807) is 6.20 Å². The van der Waals surface area contributed by atoms with Gasteiger partial charge in [-0.1, -0.05) is 29.4 Å². The van der Waals surface area contributed by atoms with E-state index in [0.717, 1.165) is 65.1 Å². The van der Waals surface area contributed by atoms with Gasteiger partial charge >= 0.3 is 0 Å². The molecule has 35 heavy (non-hydrogen) atoms. The van der Waals surface area contributed by atoms with Gasteiger partial charge in [-0.25, -0.2) is 15.0 Å². The first-order valence-corrected chi connectivity index (χ1v) is 12.8. The lowest BCUT2D eigenvalue weighted by Gasteiger charge is -2.42. The molecule has 1 fully saturated rings. The summed E-state index contributed by atoms with van der Waals surface area (Å²) in [5.41, 5.74) is 10.9. The molecule has 2 aliphatic rings. The second kappa shape index (κ2) is 8.65. The summed E-state index contributed by atoms with van der Waals surface area (Å²) in [5.74, 6) is 1.40. The van der Waals surface area contributed by atoms with Gasteiger partial charge in [-0.15, -0.1) is 0 Å². The summed E-state index contributed by atoms with van der Waals surface area (Å²) in [6.07, 6.45) is 10.3. The Kier molecular flexibility index (Phi) is 5.29. The quantitative estimate of drug-likeness (QED) is 0.416. The Morgan fingerprint density at radius 3 is 2.86 bits per heavy atom. The standard InChI is InChI=1S/C25H27ClN8S/c1-15-20(35-18-5-9-30-22(28-2)19(18)26)23-31-10-13-34(23)24(32-15)33-11-6-25(7-12-33)14-17-16(21(25)27)4-3-8-29-17/h3-5,8-10,13,21H,6-7,11-12,14,27H2,1-2H3,(H,28,30)/t21-/m1/s1/i2D. The van der Waals surface area contributed by atoms with Crippen LogP contribution >= 0.6 is 23.4 Å². The van der Waals surface area contributed by atoms with E-state index in [4.69, 9.17) is 23.7 Å². The molecule has 1 spiro atoms. The minimum Gasteiger partial charge on any atom is -0.372 e. The molecular formula is C25H27ClN8S. The third-order valence-electron chi connectivity index (χ3n) is 7.37. The summed E-state index contributed by atoms with van der Waals surface area (Å²) in [7, 11) is 0.00521. The number of nitrogens with zero attached hydrogens (tertiary/aromatic N) is 6. The number of piperidine rings is 1. The average Bonchev–Trinajstić information content (AvgIpc) is 3.47. The Morgan fingerprint density at radius 1 is 1.20 bits per heavy atom. The fraction of sp³-hybridized carbons (Fsp3) is 0.360. The normalized spacial score (nSPS) is 19.2. The van der Waals surface area contributed by atoms with Crippen LogP contribution in [0, 0.1) is 12.3 Å². The zero-order valence-corrected chi connectivity index (χ0v) is 21.0. The molecule has 180 valence electrons. The van der Waals surface area contributed by atoms with Crippen molar-refractivity contribution < 1.29 is 1.37 Å². The van der Waals surface area contributed by atoms with E-state index < -0.39 is 0 Å². The van der Waals surface area contributed by atoms with Crippen molar-refractivity contribution in [1.82, 2.24) is 24.3 Å². The number of aromatic nitrogens is 5. The van der Waals surface area contributed by atoms with E-state index in [0.29, 0.717) is 10.8 Å². The predicted molar refractivity (Wildman–Crippen MR) is 139 cm³/mol. The van der Waals surface area contributed by atoms with Gasteiger partial charge in [0.2, 0.25) is 5.95 Å². The van der Waals surface area contributed by atoms with Crippen molar-refractivity contribution in [2.24, 2.45) is 11.1 Å². The first-order chi connectivity index (χ1) is 17.5. The smallest absolute Gasteiger partial charge is 0.211 e. The molecule has 1 atom stereocenters. The van der Waals surface area contributed by atoms with Gasteiger partial charge in [-0.3, -0.25) is 9.38 Å². The summed E-state index contributed by atoms with van der Waals surface area (Å²) in [6, 6.07) is 6.02. The molecule has 0 aromatic carbocycles. The molecule has 10 heteroatoms. The zero-order chi connectivity index (χ0) is 24.9. The van der Waals surface area contributed by atoms with Crippen LogP contribution in [0.1, 0.15) is 37.2 Å². The number of pyridine rings is 2. The summed E-state index contributed by atoms with van der Waals surface area (Å²) in [5, 5.41) is 3.38. The Morgan fingerprint density at radius 2 is 2.06 bits per heavy atom. The topological polar surface area (TPSA) is 97.3 Å². The molecule has 4 aromatic rings. The molecular weight excluding hydrogens is 480 g/mol. The van der Waals surface area contributed by atoms with Crippen LogP contribution in [-0.4, -0.2) is 44.4 Å². The lowest BCUT2D eigenvalue weighted by molar-refractivity contribution is 0.186. The first kappa shape index (κ1) is 21.4. The average molecular weight is 508 g/mol. The number of nitrogens with one attached hydrogen (secondary N) is 1. The van der Waals surface area contributed by atoms with Crippen molar-refractivity contribution in [3.63, 3.8) is 0 Å². The minimum absolute atomic E-state index is 0.00521. The van der Waals surface area contributed by atoms with Gasteiger partial charge in [0.15, 0.2) is 5.65 Å². The van der Waals surface area contributed by atoms with Crippen LogP contribution in [-0.2, 0) is 6.42 Å². The fourth-order valence-corrected chi connectivity index (χ4v) is 6.69. The second-order valence-corrected chi connectivity index (χ2v) is 10.7. The number of hydrogen-bond acceptors (Lipinski definition) is 8. The van der Waals surface area contributed by atoms with E-state index in [1.807, 2.05) is 37.6 Å². The van der Waals surface area contributed by atoms with Crippen LogP contribution in [0.2, 0.25) is 5.02 Å². The molecule has 1 saturated heterocycles. The number of halogens is 1. The van der Waals surface area contributed by atoms with Gasteiger partial charge in [0.05, 0.1) is 15.6 Å². The molecule has 5 heterocycles. The third kappa shape index (κ3) is 3.64. The van der Waals surface area contributed by atoms with E-state index in [9.17, 15) is 0 Å². The van der Waals surface area contributed by atoms with Crippen LogP contribution in [0.3, 0.4) is 0 Å². The lowest BCUT2D eigenvalue weighted by atomic mass is 9.73. The van der Waals surface area contributed by atoms with E-state index in [-0.39, 0.29) is 18.5 Å². The minimum atomic E-state index is 0.00521. The van der Waals surface area contributed by atoms with E-state index in [2.05, 4.69) is 35.6 Å². The fourth-order valence-electron chi connectivity index (χ4n) is 5.42. The Hall–Kier alpha value is -2.88. The molecule has 1 aliphatic carbocycles. The Bertz CT molecular complexity index is 1440. The number of rotatable bonds is 4. The van der Waals surface area contributed by atoms with Crippen LogP contribution in [0.25, 0.3) is 5.65 Å². The highest BCUT2D eigenvalue weighted by Gasteiger charge is 2.46. The van der Waals surface area contributed by atoms with Crippen LogP contribution in [0.15, 0.2) is 52.8 Å². The Labute approximate surface area is 214 Å². The van der Waals surface area contributed by atoms with Crippen molar-refractivity contribution in [3.05, 3.63) is 65.0 Å². The van der Waals surface area contributed by atoms with Gasteiger partial charge in [0, 0.05) is 62.9 Å². The number of nitrogens with two attached hydrogens (primary N) is 1. The SMILES string of the molecule is [2H]CNc1nccc(Sc2c(C)nc(N3CCC4(CC3)Cc3ncccc3[C@H]4N)n3ccnc23)c1Cl. The molecule has 3 N–H and O–H groups in total. The molecule has 0 unspecified atom stereocenters. The molecule has 0 radical (unpaired) electrons. The largest absolute Gasteiger partial charge is 0.372 e. The highest BCUT2D eigenvalue weighted by atomic mass is 35.5. The van der Waals surface area contributed by atoms with Gasteiger partial charge in [0.1, 0.15) is 5.82 Å². The van der Waals surface area contributed by atoms with Crippen LogP contribution < -0.4 is 16.0 Å². The summed E-state index contributed by atoms with van der Waals surface area (Å²) in [6.45, 7) is 3.78. The monoisotopic (exact) mass is 507 g/mol. The third-order valence-corrected chi connectivity index (χ3v) is 9.11. The van der Waals surface area contributed by atoms with Crippen LogP contribution in [0.5, 0.6) is 0 Å². The van der Waals surface area contributed by atoms with E-state index >= 15 is 0 Å². The number of aryl methyl sites for hydroxylation is 1. The first-order valence-electron chi connectivity index (χ1n) is 12.3. The Balaban J connectivity index is 1.27. The lowest BCUT2D eigenvalue weighted by Crippen LogP contribution is -2.45. The van der Waals surface area contributed by atoms with Gasteiger partial charge < -0.3 is 16.0 Å². The molecule has 0 amide bonds. The van der Waals surface area contributed by atoms with Crippen molar-refractivity contribution in [2.45, 2.75) is 42.0 Å². The van der Waals surface area contributed by atoms with Gasteiger partial charge in [0.25, 0.3) is 0 Å². The molecule has 0 bridgehead atoms. The summed E-state index contributed by atoms with van der Waals surface area (Å²) < 4.78 is 9.48. The molecule has 0 saturated carbocycles. The molecule has 4 aromatic heterocycles. The maximum Gasteiger partial charge on any atom is 0.211 e. The van der Waals surface area contributed by atoms with Crippen molar-refractivity contribution in [1.29, 1.82) is 0 Å². The summed E-state index contributed by atoms with van der Waals surface area (Å²) in [4.78, 5) is 22.7. The van der Waals surface area contributed by atoms with Crippen molar-refractivity contribution in [3.8, 4) is 0 Å². The van der Waals surface area contributed by atoms with Gasteiger partial charge in [-0.05, 0) is 49.3 Å². The highest BCUT2D eigenvalue weighted by molar-refractivity contribution is 7.99. The van der Waals surface area contributed by atoms with Gasteiger partial charge in [-0.2, -0.15) is 0 Å². The van der Waals surface area contributed by atoms with E-state index in [1.165, 1.54) is 17.3 Å². The number of fused-ring (bicyclic) bond motifs is 2. The maximum atomic E-state index is 7.41. The van der Waals surface area contributed by atoms with Crippen molar-refractivity contribution >= 4 is 40.8 Å².